The van der Waals surface area contributed by atoms with Crippen LogP contribution in [0.1, 0.15) is 30.5 Å². The van der Waals surface area contributed by atoms with Crippen LogP contribution in [0.15, 0.2) is 30.5 Å². The van der Waals surface area contributed by atoms with E-state index < -0.39 is 0 Å². The fraction of sp³-hybridized carbons (Fsp3) is 0.375. The number of para-hydroxylation sites is 1. The van der Waals surface area contributed by atoms with Crippen molar-refractivity contribution in [2.75, 3.05) is 6.54 Å². The molecule has 0 aliphatic carbocycles. The minimum absolute atomic E-state index is 0.0331. The lowest BCUT2D eigenvalue weighted by atomic mass is 10.2. The average molecular weight is 310 g/mol. The van der Waals surface area contributed by atoms with E-state index in [-0.39, 0.29) is 18.5 Å². The van der Waals surface area contributed by atoms with E-state index in [4.69, 9.17) is 0 Å². The molecule has 0 spiro atoms. The maximum Gasteiger partial charge on any atom is 0.244 e. The molecule has 1 aliphatic heterocycles. The number of hydrogen-bond donors (Lipinski definition) is 1. The number of amides is 1. The molecule has 0 saturated carbocycles. The van der Waals surface area contributed by atoms with E-state index in [2.05, 4.69) is 20.3 Å². The molecule has 7 heteroatoms. The van der Waals surface area contributed by atoms with Crippen LogP contribution in [-0.2, 0) is 11.3 Å². The second kappa shape index (κ2) is 5.49. The molecule has 1 saturated heterocycles. The van der Waals surface area contributed by atoms with Crippen molar-refractivity contribution in [1.82, 2.24) is 29.9 Å². The predicted octanol–water partition coefficient (Wildman–Crippen LogP) is 1.83. The smallest absolute Gasteiger partial charge is 0.244 e. The number of carbonyl (C=O) groups excluding carboxylic acids is 1. The Morgan fingerprint density at radius 2 is 2.26 bits per heavy atom. The SMILES string of the molecule is Cc1nc(C2CCCN2C(=O)Cn2ncc3ccccc32)n[nH]1. The zero-order chi connectivity index (χ0) is 15.8. The van der Waals surface area contributed by atoms with Crippen molar-refractivity contribution < 1.29 is 4.79 Å². The van der Waals surface area contributed by atoms with E-state index in [1.54, 1.807) is 10.9 Å². The van der Waals surface area contributed by atoms with E-state index in [0.717, 1.165) is 36.1 Å². The lowest BCUT2D eigenvalue weighted by molar-refractivity contribution is -0.133. The van der Waals surface area contributed by atoms with Crippen molar-refractivity contribution in [3.8, 4) is 0 Å². The van der Waals surface area contributed by atoms with Crippen LogP contribution in [0.5, 0.6) is 0 Å². The van der Waals surface area contributed by atoms with Crippen LogP contribution in [0.4, 0.5) is 0 Å². The number of aromatic amines is 1. The molecule has 1 N–H and O–H groups in total. The summed E-state index contributed by atoms with van der Waals surface area (Å²) in [7, 11) is 0. The summed E-state index contributed by atoms with van der Waals surface area (Å²) in [6.07, 6.45) is 3.68. The van der Waals surface area contributed by atoms with Gasteiger partial charge in [-0.2, -0.15) is 10.2 Å². The number of likely N-dealkylation sites (tertiary alicyclic amines) is 1. The molecular formula is C16H18N6O. The lowest BCUT2D eigenvalue weighted by Crippen LogP contribution is -2.34. The lowest BCUT2D eigenvalue weighted by Gasteiger charge is -2.22. The Kier molecular flexibility index (Phi) is 3.33. The number of rotatable bonds is 3. The van der Waals surface area contributed by atoms with E-state index >= 15 is 0 Å². The summed E-state index contributed by atoms with van der Waals surface area (Å²) in [5.41, 5.74) is 0.977. The highest BCUT2D eigenvalue weighted by atomic mass is 16.2. The molecule has 1 unspecified atom stereocenters. The largest absolute Gasteiger partial charge is 0.331 e. The fourth-order valence-electron chi connectivity index (χ4n) is 3.21. The van der Waals surface area contributed by atoms with Crippen molar-refractivity contribution in [3.05, 3.63) is 42.1 Å². The molecule has 0 radical (unpaired) electrons. The molecule has 1 aromatic carbocycles. The number of fused-ring (bicyclic) bond motifs is 1. The Hall–Kier alpha value is -2.70. The Morgan fingerprint density at radius 1 is 1.39 bits per heavy atom. The number of aromatic nitrogens is 5. The van der Waals surface area contributed by atoms with Gasteiger partial charge in [0.1, 0.15) is 12.4 Å². The Bertz CT molecular complexity index is 851. The van der Waals surface area contributed by atoms with Crippen LogP contribution >= 0.6 is 0 Å². The van der Waals surface area contributed by atoms with Crippen molar-refractivity contribution >= 4 is 16.8 Å². The van der Waals surface area contributed by atoms with E-state index in [0.29, 0.717) is 5.82 Å². The van der Waals surface area contributed by atoms with Gasteiger partial charge in [-0.1, -0.05) is 18.2 Å². The Labute approximate surface area is 133 Å². The van der Waals surface area contributed by atoms with Gasteiger partial charge in [-0.15, -0.1) is 0 Å². The molecule has 2 aromatic heterocycles. The Morgan fingerprint density at radius 3 is 3.09 bits per heavy atom. The van der Waals surface area contributed by atoms with Gasteiger partial charge in [-0.05, 0) is 25.8 Å². The molecule has 23 heavy (non-hydrogen) atoms. The third kappa shape index (κ3) is 2.48. The summed E-state index contributed by atoms with van der Waals surface area (Å²) in [6, 6.07) is 7.88. The summed E-state index contributed by atoms with van der Waals surface area (Å²) in [4.78, 5) is 19.0. The number of nitrogens with zero attached hydrogens (tertiary/aromatic N) is 5. The quantitative estimate of drug-likeness (QED) is 0.800. The highest BCUT2D eigenvalue weighted by molar-refractivity contribution is 5.82. The third-order valence-corrected chi connectivity index (χ3v) is 4.32. The summed E-state index contributed by atoms with van der Waals surface area (Å²) in [6.45, 7) is 2.86. The number of nitrogens with one attached hydrogen (secondary N) is 1. The van der Waals surface area contributed by atoms with Crippen LogP contribution in [-0.4, -0.2) is 42.3 Å². The summed E-state index contributed by atoms with van der Waals surface area (Å²) in [5, 5.41) is 12.5. The van der Waals surface area contributed by atoms with Crippen LogP contribution in [0, 0.1) is 6.92 Å². The number of H-pyrrole nitrogens is 1. The highest BCUT2D eigenvalue weighted by Gasteiger charge is 2.32. The molecule has 3 heterocycles. The van der Waals surface area contributed by atoms with E-state index in [9.17, 15) is 4.79 Å². The molecule has 1 amide bonds. The molecule has 1 fully saturated rings. The monoisotopic (exact) mass is 310 g/mol. The third-order valence-electron chi connectivity index (χ3n) is 4.32. The Balaban J connectivity index is 1.56. The number of carbonyl (C=O) groups is 1. The van der Waals surface area contributed by atoms with Gasteiger partial charge in [-0.25, -0.2) is 4.98 Å². The molecular weight excluding hydrogens is 292 g/mol. The van der Waals surface area contributed by atoms with E-state index in [1.165, 1.54) is 0 Å². The highest BCUT2D eigenvalue weighted by Crippen LogP contribution is 2.30. The van der Waals surface area contributed by atoms with Gasteiger partial charge in [0.15, 0.2) is 5.82 Å². The summed E-state index contributed by atoms with van der Waals surface area (Å²) >= 11 is 0. The summed E-state index contributed by atoms with van der Waals surface area (Å²) < 4.78 is 1.76. The normalized spacial score (nSPS) is 18.0. The number of benzene rings is 1. The molecule has 118 valence electrons. The first kappa shape index (κ1) is 13.9. The fourth-order valence-corrected chi connectivity index (χ4v) is 3.21. The minimum atomic E-state index is -0.0331. The van der Waals surface area contributed by atoms with Gasteiger partial charge in [0.25, 0.3) is 0 Å². The van der Waals surface area contributed by atoms with Crippen LogP contribution in [0.25, 0.3) is 10.9 Å². The number of aryl methyl sites for hydroxylation is 1. The average Bonchev–Trinajstić information content (AvgIpc) is 3.26. The molecule has 4 rings (SSSR count). The van der Waals surface area contributed by atoms with Crippen LogP contribution < -0.4 is 0 Å². The topological polar surface area (TPSA) is 79.7 Å². The van der Waals surface area contributed by atoms with Gasteiger partial charge < -0.3 is 4.90 Å². The van der Waals surface area contributed by atoms with Crippen molar-refractivity contribution in [2.24, 2.45) is 0 Å². The summed E-state index contributed by atoms with van der Waals surface area (Å²) in [5.74, 6) is 1.54. The molecule has 7 nitrogen and oxygen atoms in total. The predicted molar refractivity (Wildman–Crippen MR) is 84.5 cm³/mol. The number of hydrogen-bond acceptors (Lipinski definition) is 4. The second-order valence-corrected chi connectivity index (χ2v) is 5.89. The van der Waals surface area contributed by atoms with Crippen LogP contribution in [0.3, 0.4) is 0 Å². The van der Waals surface area contributed by atoms with Gasteiger partial charge in [0.05, 0.1) is 17.8 Å². The first-order chi connectivity index (χ1) is 11.2. The standard InChI is InChI=1S/C16H18N6O/c1-11-18-16(20-19-11)14-7-4-8-21(14)15(23)10-22-13-6-3-2-5-12(13)9-17-22/h2-3,5-6,9,14H,4,7-8,10H2,1H3,(H,18,19,20). The molecule has 1 aliphatic rings. The molecule has 0 bridgehead atoms. The molecule has 3 aromatic rings. The van der Waals surface area contributed by atoms with Crippen molar-refractivity contribution in [1.29, 1.82) is 0 Å². The maximum atomic E-state index is 12.7. The van der Waals surface area contributed by atoms with Crippen molar-refractivity contribution in [2.45, 2.75) is 32.4 Å². The molecule has 1 atom stereocenters. The zero-order valence-electron chi connectivity index (χ0n) is 12.9. The van der Waals surface area contributed by atoms with Gasteiger partial charge >= 0.3 is 0 Å². The van der Waals surface area contributed by atoms with Crippen LogP contribution in [0.2, 0.25) is 0 Å². The minimum Gasteiger partial charge on any atom is -0.331 e. The van der Waals surface area contributed by atoms with Crippen molar-refractivity contribution in [3.63, 3.8) is 0 Å². The zero-order valence-corrected chi connectivity index (χ0v) is 12.9. The first-order valence-corrected chi connectivity index (χ1v) is 7.81. The first-order valence-electron chi connectivity index (χ1n) is 7.81. The van der Waals surface area contributed by atoms with E-state index in [1.807, 2.05) is 36.1 Å². The van der Waals surface area contributed by atoms with Gasteiger partial charge in [0.2, 0.25) is 5.91 Å². The van der Waals surface area contributed by atoms with Gasteiger partial charge in [-0.3, -0.25) is 14.6 Å². The van der Waals surface area contributed by atoms with Gasteiger partial charge in [0, 0.05) is 11.9 Å². The second-order valence-electron chi connectivity index (χ2n) is 5.89. The maximum absolute atomic E-state index is 12.7.